The number of carboxylic acids is 1. The largest absolute Gasteiger partial charge is 0.477 e. The van der Waals surface area contributed by atoms with E-state index in [1.54, 1.807) is 18.2 Å². The summed E-state index contributed by atoms with van der Waals surface area (Å²) in [5, 5.41) is 16.6. The van der Waals surface area contributed by atoms with Crippen LogP contribution in [0.4, 0.5) is 20.3 Å². The molecule has 2 heterocycles. The third-order valence-electron chi connectivity index (χ3n) is 4.63. The van der Waals surface area contributed by atoms with Gasteiger partial charge < -0.3 is 19.9 Å². The van der Waals surface area contributed by atoms with E-state index in [0.717, 1.165) is 6.04 Å². The van der Waals surface area contributed by atoms with Crippen LogP contribution in [0.5, 0.6) is 11.6 Å². The van der Waals surface area contributed by atoms with Crippen molar-refractivity contribution in [1.82, 2.24) is 19.7 Å². The molecule has 0 atom stereocenters. The molecule has 0 aliphatic rings. The summed E-state index contributed by atoms with van der Waals surface area (Å²) in [6.45, 7) is 7.96. The van der Waals surface area contributed by atoms with Gasteiger partial charge in [-0.25, -0.2) is 14.5 Å². The van der Waals surface area contributed by atoms with E-state index in [9.17, 15) is 18.7 Å². The quantitative estimate of drug-likeness (QED) is 0.232. The topological polar surface area (TPSA) is 111 Å². The van der Waals surface area contributed by atoms with Gasteiger partial charge in [-0.15, -0.1) is 0 Å². The Labute approximate surface area is 207 Å². The highest BCUT2D eigenvalue weighted by molar-refractivity contribution is 6.76. The smallest absolute Gasteiger partial charge is 0.345 e. The Bertz CT molecular complexity index is 1180. The molecule has 0 saturated heterocycles. The number of aromatic nitrogens is 4. The first-order valence-electron chi connectivity index (χ1n) is 10.7. The third-order valence-corrected chi connectivity index (χ3v) is 6.61. The minimum atomic E-state index is -3.47. The minimum Gasteiger partial charge on any atom is -0.477 e. The van der Waals surface area contributed by atoms with Crippen LogP contribution in [0.1, 0.15) is 23.1 Å². The Kier molecular flexibility index (Phi) is 8.08. The maximum atomic E-state index is 14.2. The summed E-state index contributed by atoms with van der Waals surface area (Å²) in [4.78, 5) is 19.5. The van der Waals surface area contributed by atoms with Crippen LogP contribution in [0.2, 0.25) is 30.8 Å². The van der Waals surface area contributed by atoms with Gasteiger partial charge in [-0.3, -0.25) is 0 Å². The predicted molar refractivity (Wildman–Crippen MR) is 130 cm³/mol. The first-order chi connectivity index (χ1) is 16.3. The van der Waals surface area contributed by atoms with Crippen LogP contribution in [-0.2, 0) is 17.4 Å². The summed E-state index contributed by atoms with van der Waals surface area (Å²) in [5.74, 6) is -6.63. The number of nitrogens with zero attached hydrogens (tertiary/aromatic N) is 4. The molecular weight excluding hydrogens is 500 g/mol. The summed E-state index contributed by atoms with van der Waals surface area (Å²) in [6.07, 6.45) is 1.46. The summed E-state index contributed by atoms with van der Waals surface area (Å²) < 4.78 is 40.9. The summed E-state index contributed by atoms with van der Waals surface area (Å²) in [7, 11) is -1.26. The van der Waals surface area contributed by atoms with Crippen molar-refractivity contribution in [2.75, 3.05) is 11.9 Å². The van der Waals surface area contributed by atoms with E-state index in [-0.39, 0.29) is 23.3 Å². The minimum absolute atomic E-state index is 0.0240. The fourth-order valence-electron chi connectivity index (χ4n) is 2.81. The lowest BCUT2D eigenvalue weighted by Gasteiger charge is -2.16. The number of hydrogen-bond donors (Lipinski definition) is 2. The number of ether oxygens (including phenoxy) is 2. The SMILES string of the molecule is CC(F)(F)c1nc(Nc2cn(COCC[Si](C)(C)C)nc2Cl)c(C(=O)O)c(Oc2ccccc2)n1. The second-order valence-corrected chi connectivity index (χ2v) is 15.0. The monoisotopic (exact) mass is 525 g/mol. The molecule has 0 fully saturated rings. The Morgan fingerprint density at radius 3 is 2.51 bits per heavy atom. The molecule has 13 heteroatoms. The number of aromatic carboxylic acids is 1. The van der Waals surface area contributed by atoms with Crippen LogP contribution >= 0.6 is 11.6 Å². The lowest BCUT2D eigenvalue weighted by Crippen LogP contribution is -2.22. The summed E-state index contributed by atoms with van der Waals surface area (Å²) in [5.41, 5.74) is -0.394. The molecule has 0 spiro atoms. The van der Waals surface area contributed by atoms with Crippen LogP contribution in [0.15, 0.2) is 36.5 Å². The highest BCUT2D eigenvalue weighted by Gasteiger charge is 2.33. The fraction of sp³-hybridized carbons (Fsp3) is 0.364. The zero-order valence-corrected chi connectivity index (χ0v) is 21.4. The number of nitrogens with one attached hydrogen (secondary N) is 1. The molecular formula is C22H26ClF2N5O4Si. The molecule has 0 aliphatic carbocycles. The van der Waals surface area contributed by atoms with E-state index in [1.165, 1.54) is 23.0 Å². The lowest BCUT2D eigenvalue weighted by atomic mass is 10.2. The predicted octanol–water partition coefficient (Wildman–Crippen LogP) is 5.98. The second kappa shape index (κ2) is 10.7. The van der Waals surface area contributed by atoms with Gasteiger partial charge in [0.05, 0.1) is 11.9 Å². The van der Waals surface area contributed by atoms with Crippen molar-refractivity contribution in [1.29, 1.82) is 0 Å². The van der Waals surface area contributed by atoms with Gasteiger partial charge in [0.1, 0.15) is 12.5 Å². The van der Waals surface area contributed by atoms with Gasteiger partial charge in [0.25, 0.3) is 0 Å². The van der Waals surface area contributed by atoms with E-state index in [2.05, 4.69) is 40.0 Å². The highest BCUT2D eigenvalue weighted by atomic mass is 35.5. The molecule has 9 nitrogen and oxygen atoms in total. The number of para-hydroxylation sites is 1. The zero-order chi connectivity index (χ0) is 25.8. The maximum absolute atomic E-state index is 14.2. The van der Waals surface area contributed by atoms with E-state index in [1.807, 2.05) is 0 Å². The van der Waals surface area contributed by atoms with Gasteiger partial charge >= 0.3 is 11.9 Å². The first-order valence-corrected chi connectivity index (χ1v) is 14.8. The Hall–Kier alpha value is -3.09. The average molecular weight is 526 g/mol. The van der Waals surface area contributed by atoms with Gasteiger partial charge in [-0.2, -0.15) is 18.9 Å². The van der Waals surface area contributed by atoms with Crippen LogP contribution in [0, 0.1) is 0 Å². The van der Waals surface area contributed by atoms with Crippen molar-refractivity contribution in [2.24, 2.45) is 0 Å². The van der Waals surface area contributed by atoms with Crippen LogP contribution in [-0.4, -0.2) is 45.5 Å². The van der Waals surface area contributed by atoms with Gasteiger partial charge in [0, 0.05) is 21.6 Å². The normalized spacial score (nSPS) is 12.0. The molecule has 0 amide bonds. The van der Waals surface area contributed by atoms with Crippen molar-refractivity contribution < 1.29 is 28.2 Å². The lowest BCUT2D eigenvalue weighted by molar-refractivity contribution is 0.00717. The third kappa shape index (κ3) is 7.44. The number of alkyl halides is 2. The van der Waals surface area contributed by atoms with Gasteiger partial charge in [0.2, 0.25) is 11.7 Å². The molecule has 2 N–H and O–H groups in total. The Morgan fingerprint density at radius 1 is 1.23 bits per heavy atom. The van der Waals surface area contributed by atoms with E-state index >= 15 is 0 Å². The molecule has 0 saturated carbocycles. The molecule has 0 bridgehead atoms. The van der Waals surface area contributed by atoms with Crippen molar-refractivity contribution in [3.05, 3.63) is 53.1 Å². The van der Waals surface area contributed by atoms with E-state index < -0.39 is 43.1 Å². The number of carbonyl (C=O) groups is 1. The Morgan fingerprint density at radius 2 is 1.91 bits per heavy atom. The summed E-state index contributed by atoms with van der Waals surface area (Å²) in [6, 6.07) is 9.05. The van der Waals surface area contributed by atoms with E-state index in [4.69, 9.17) is 21.1 Å². The Balaban J connectivity index is 1.93. The maximum Gasteiger partial charge on any atom is 0.345 e. The van der Waals surface area contributed by atoms with Crippen LogP contribution in [0.25, 0.3) is 0 Å². The average Bonchev–Trinajstić information content (AvgIpc) is 3.09. The van der Waals surface area contributed by atoms with Crippen molar-refractivity contribution >= 4 is 37.1 Å². The van der Waals surface area contributed by atoms with Gasteiger partial charge in [0.15, 0.2) is 16.5 Å². The molecule has 188 valence electrons. The number of benzene rings is 1. The van der Waals surface area contributed by atoms with Crippen LogP contribution in [0.3, 0.4) is 0 Å². The number of anilines is 2. The molecule has 3 aromatic rings. The number of hydrogen-bond acceptors (Lipinski definition) is 7. The first kappa shape index (κ1) is 26.5. The molecule has 0 unspecified atom stereocenters. The molecule has 0 radical (unpaired) electrons. The van der Waals surface area contributed by atoms with Crippen molar-refractivity contribution in [2.45, 2.75) is 45.3 Å². The van der Waals surface area contributed by atoms with Crippen molar-refractivity contribution in [3.8, 4) is 11.6 Å². The van der Waals surface area contributed by atoms with Gasteiger partial charge in [-0.05, 0) is 18.2 Å². The number of carboxylic acid groups (broad SMARTS) is 1. The van der Waals surface area contributed by atoms with E-state index in [0.29, 0.717) is 13.5 Å². The standard InChI is InChI=1S/C22H26ClF2N5O4Si/c1-22(24,25)21-27-18(16(20(31)32)19(28-21)34-14-8-6-5-7-9-14)26-15-12-30(29-17(15)23)13-33-10-11-35(2,3)4/h5-9,12H,10-11,13H2,1-4H3,(H,31,32)(H,26,27,28). The highest BCUT2D eigenvalue weighted by Crippen LogP contribution is 2.35. The van der Waals surface area contributed by atoms with Crippen molar-refractivity contribution in [3.63, 3.8) is 0 Å². The fourth-order valence-corrected chi connectivity index (χ4v) is 3.76. The summed E-state index contributed by atoms with van der Waals surface area (Å²) >= 11 is 6.20. The molecule has 0 aliphatic heterocycles. The van der Waals surface area contributed by atoms with Crippen LogP contribution < -0.4 is 10.1 Å². The molecule has 3 rings (SSSR count). The van der Waals surface area contributed by atoms with Gasteiger partial charge in [-0.1, -0.05) is 49.4 Å². The number of halogens is 3. The second-order valence-electron chi connectivity index (χ2n) is 9.03. The molecule has 2 aromatic heterocycles. The number of rotatable bonds is 11. The molecule has 35 heavy (non-hydrogen) atoms. The zero-order valence-electron chi connectivity index (χ0n) is 19.7. The molecule has 1 aromatic carbocycles.